The molecule has 2 aliphatic rings. The van der Waals surface area contributed by atoms with Gasteiger partial charge in [0.25, 0.3) is 11.6 Å². The first kappa shape index (κ1) is 13.3. The zero-order chi connectivity index (χ0) is 15.3. The molecule has 1 atom stereocenters. The minimum Gasteiger partial charge on any atom is -0.315 e. The fourth-order valence-corrected chi connectivity index (χ4v) is 4.85. The third-order valence-corrected chi connectivity index (χ3v) is 5.70. The van der Waals surface area contributed by atoms with E-state index in [1.165, 1.54) is 6.07 Å². The molecule has 2 aromatic carbocycles. The summed E-state index contributed by atoms with van der Waals surface area (Å²) in [5.74, 6) is 0.829. The molecule has 0 bridgehead atoms. The maximum atomic E-state index is 12.7. The van der Waals surface area contributed by atoms with Crippen molar-refractivity contribution < 1.29 is 9.72 Å². The van der Waals surface area contributed by atoms with Crippen LogP contribution in [0.5, 0.6) is 0 Å². The third kappa shape index (κ3) is 1.58. The Bertz CT molecular complexity index is 807. The second-order valence-corrected chi connectivity index (χ2v) is 6.59. The number of hydrogen-bond donors (Lipinski definition) is 0. The second-order valence-electron chi connectivity index (χ2n) is 5.30. The Kier molecular flexibility index (Phi) is 2.77. The topological polar surface area (TPSA) is 63.4 Å². The lowest BCUT2D eigenvalue weighted by molar-refractivity contribution is -0.384. The Morgan fingerprint density at radius 3 is 2.82 bits per heavy atom. The monoisotopic (exact) mass is 312 g/mol. The van der Waals surface area contributed by atoms with Gasteiger partial charge in [-0.05, 0) is 11.6 Å². The minimum atomic E-state index is -0.625. The number of benzene rings is 2. The lowest BCUT2D eigenvalue weighted by Crippen LogP contribution is -2.37. The largest absolute Gasteiger partial charge is 0.315 e. The summed E-state index contributed by atoms with van der Waals surface area (Å²) in [4.78, 5) is 24.6. The smallest absolute Gasteiger partial charge is 0.269 e. The number of amides is 1. The van der Waals surface area contributed by atoms with E-state index < -0.39 is 9.79 Å². The fourth-order valence-electron chi connectivity index (χ4n) is 3.32. The summed E-state index contributed by atoms with van der Waals surface area (Å²) in [6.45, 7) is 0.654. The van der Waals surface area contributed by atoms with Crippen LogP contribution in [0.15, 0.2) is 48.5 Å². The maximum absolute atomic E-state index is 12.7. The predicted octanol–water partition coefficient (Wildman–Crippen LogP) is 3.00. The van der Waals surface area contributed by atoms with E-state index in [0.717, 1.165) is 16.9 Å². The number of nitro groups is 1. The Morgan fingerprint density at radius 1 is 1.18 bits per heavy atom. The Balaban J connectivity index is 1.97. The van der Waals surface area contributed by atoms with Crippen molar-refractivity contribution in [3.05, 3.63) is 75.3 Å². The molecule has 2 heterocycles. The molecule has 1 fully saturated rings. The van der Waals surface area contributed by atoms with E-state index in [1.54, 1.807) is 23.9 Å². The van der Waals surface area contributed by atoms with Crippen LogP contribution < -0.4 is 0 Å². The maximum Gasteiger partial charge on any atom is 0.269 e. The van der Waals surface area contributed by atoms with Gasteiger partial charge < -0.3 is 4.90 Å². The quantitative estimate of drug-likeness (QED) is 0.631. The molecule has 0 N–H and O–H groups in total. The van der Waals surface area contributed by atoms with Crippen molar-refractivity contribution in [2.24, 2.45) is 0 Å². The van der Waals surface area contributed by atoms with Gasteiger partial charge in [-0.2, -0.15) is 0 Å². The highest BCUT2D eigenvalue weighted by molar-refractivity contribution is 8.00. The molecule has 0 spiro atoms. The SMILES string of the molecule is O=C1c2ccccc2C2(c3cccc([N+](=O)[O-])c3)SCCN12. The highest BCUT2D eigenvalue weighted by Gasteiger charge is 2.54. The highest BCUT2D eigenvalue weighted by Crippen LogP contribution is 2.55. The zero-order valence-electron chi connectivity index (χ0n) is 11.6. The standard InChI is InChI=1S/C16H12N2O3S/c19-15-13-6-1-2-7-14(13)16(17(15)8-9-22-16)11-4-3-5-12(10-11)18(20)21/h1-7,10H,8-9H2. The van der Waals surface area contributed by atoms with E-state index in [1.807, 2.05) is 35.2 Å². The molecule has 1 unspecified atom stereocenters. The molecule has 1 saturated heterocycles. The van der Waals surface area contributed by atoms with Crippen LogP contribution in [-0.2, 0) is 4.87 Å². The molecule has 2 aromatic rings. The Morgan fingerprint density at radius 2 is 2.00 bits per heavy atom. The molecule has 1 amide bonds. The van der Waals surface area contributed by atoms with Gasteiger partial charge >= 0.3 is 0 Å². The van der Waals surface area contributed by atoms with E-state index in [9.17, 15) is 14.9 Å². The summed E-state index contributed by atoms with van der Waals surface area (Å²) in [5, 5.41) is 11.1. The van der Waals surface area contributed by atoms with Crippen molar-refractivity contribution in [2.75, 3.05) is 12.3 Å². The average Bonchev–Trinajstić information content (AvgIpc) is 3.08. The van der Waals surface area contributed by atoms with Crippen LogP contribution in [0.4, 0.5) is 5.69 Å². The molecular formula is C16H12N2O3S. The molecule has 5 nitrogen and oxygen atoms in total. The normalized spacial score (nSPS) is 22.5. The Hall–Kier alpha value is -2.34. The number of fused-ring (bicyclic) bond motifs is 3. The fraction of sp³-hybridized carbons (Fsp3) is 0.188. The summed E-state index contributed by atoms with van der Waals surface area (Å²) >= 11 is 1.66. The van der Waals surface area contributed by atoms with Crippen molar-refractivity contribution in [1.82, 2.24) is 4.90 Å². The minimum absolute atomic E-state index is 0.00658. The highest BCUT2D eigenvalue weighted by atomic mass is 32.2. The number of rotatable bonds is 2. The number of carbonyl (C=O) groups excluding carboxylic acids is 1. The van der Waals surface area contributed by atoms with Gasteiger partial charge in [0, 0.05) is 35.6 Å². The van der Waals surface area contributed by atoms with Gasteiger partial charge in [0.15, 0.2) is 0 Å². The van der Waals surface area contributed by atoms with Crippen LogP contribution >= 0.6 is 11.8 Å². The van der Waals surface area contributed by atoms with Crippen LogP contribution in [0.2, 0.25) is 0 Å². The lowest BCUT2D eigenvalue weighted by Gasteiger charge is -2.32. The molecule has 4 rings (SSSR count). The van der Waals surface area contributed by atoms with Gasteiger partial charge in [0.05, 0.1) is 4.92 Å². The zero-order valence-corrected chi connectivity index (χ0v) is 12.4. The molecule has 0 radical (unpaired) electrons. The van der Waals surface area contributed by atoms with Crippen LogP contribution in [-0.4, -0.2) is 28.0 Å². The molecule has 6 heteroatoms. The van der Waals surface area contributed by atoms with Crippen LogP contribution in [0.3, 0.4) is 0 Å². The van der Waals surface area contributed by atoms with E-state index in [0.29, 0.717) is 12.1 Å². The lowest BCUT2D eigenvalue weighted by atomic mass is 9.96. The first-order valence-corrected chi connectivity index (χ1v) is 7.93. The molecule has 0 aromatic heterocycles. The van der Waals surface area contributed by atoms with Crippen LogP contribution in [0.1, 0.15) is 21.5 Å². The summed E-state index contributed by atoms with van der Waals surface area (Å²) in [6.07, 6.45) is 0. The van der Waals surface area contributed by atoms with Crippen molar-refractivity contribution in [2.45, 2.75) is 4.87 Å². The summed E-state index contributed by atoms with van der Waals surface area (Å²) < 4.78 is 0. The molecule has 2 aliphatic heterocycles. The van der Waals surface area contributed by atoms with E-state index >= 15 is 0 Å². The number of nitro benzene ring substituents is 1. The molecule has 22 heavy (non-hydrogen) atoms. The number of carbonyl (C=O) groups is 1. The van der Waals surface area contributed by atoms with Crippen molar-refractivity contribution in [1.29, 1.82) is 0 Å². The average molecular weight is 312 g/mol. The van der Waals surface area contributed by atoms with Gasteiger partial charge in [-0.25, -0.2) is 0 Å². The molecule has 0 aliphatic carbocycles. The van der Waals surface area contributed by atoms with Gasteiger partial charge in [-0.1, -0.05) is 30.3 Å². The van der Waals surface area contributed by atoms with Crippen LogP contribution in [0, 0.1) is 10.1 Å². The number of thioether (sulfide) groups is 1. The Labute approximate surface area is 131 Å². The summed E-state index contributed by atoms with van der Waals surface area (Å²) in [6, 6.07) is 14.2. The van der Waals surface area contributed by atoms with Gasteiger partial charge in [0.1, 0.15) is 4.87 Å². The summed E-state index contributed by atoms with van der Waals surface area (Å²) in [7, 11) is 0. The number of nitrogens with zero attached hydrogens (tertiary/aromatic N) is 2. The number of non-ortho nitro benzene ring substituents is 1. The van der Waals surface area contributed by atoms with Crippen molar-refractivity contribution in [3.8, 4) is 0 Å². The second kappa shape index (κ2) is 4.58. The van der Waals surface area contributed by atoms with E-state index in [2.05, 4.69) is 0 Å². The predicted molar refractivity (Wildman–Crippen MR) is 83.8 cm³/mol. The van der Waals surface area contributed by atoms with Crippen molar-refractivity contribution in [3.63, 3.8) is 0 Å². The van der Waals surface area contributed by atoms with E-state index in [4.69, 9.17) is 0 Å². The summed E-state index contributed by atoms with van der Waals surface area (Å²) in [5.41, 5.74) is 2.47. The van der Waals surface area contributed by atoms with Gasteiger partial charge in [0.2, 0.25) is 0 Å². The van der Waals surface area contributed by atoms with E-state index in [-0.39, 0.29) is 11.6 Å². The first-order chi connectivity index (χ1) is 10.6. The van der Waals surface area contributed by atoms with Crippen LogP contribution in [0.25, 0.3) is 0 Å². The van der Waals surface area contributed by atoms with Gasteiger partial charge in [-0.3, -0.25) is 14.9 Å². The third-order valence-electron chi connectivity index (χ3n) is 4.22. The molecule has 0 saturated carbocycles. The molecular weight excluding hydrogens is 300 g/mol. The molecule has 110 valence electrons. The number of hydrogen-bond acceptors (Lipinski definition) is 4. The first-order valence-electron chi connectivity index (χ1n) is 6.95. The van der Waals surface area contributed by atoms with Gasteiger partial charge in [-0.15, -0.1) is 11.8 Å². The van der Waals surface area contributed by atoms with Crippen molar-refractivity contribution >= 4 is 23.4 Å².